The lowest BCUT2D eigenvalue weighted by molar-refractivity contribution is 0.415. The van der Waals surface area contributed by atoms with Crippen molar-refractivity contribution in [2.45, 2.75) is 0 Å². The Kier molecular flexibility index (Phi) is 2.22. The molecule has 2 aromatic heterocycles. The minimum absolute atomic E-state index is 0.738. The molecule has 0 aliphatic heterocycles. The van der Waals surface area contributed by atoms with E-state index >= 15 is 0 Å². The van der Waals surface area contributed by atoms with Crippen LogP contribution in [0.4, 0.5) is 0 Å². The highest BCUT2D eigenvalue weighted by molar-refractivity contribution is 5.60. The van der Waals surface area contributed by atoms with Gasteiger partial charge < -0.3 is 4.74 Å². The third-order valence-corrected chi connectivity index (χ3v) is 2.55. The van der Waals surface area contributed by atoms with E-state index in [2.05, 4.69) is 15.3 Å². The molecule has 0 saturated carbocycles. The van der Waals surface area contributed by atoms with E-state index in [-0.39, 0.29) is 0 Å². The standard InChI is InChI=1S/C12H10N4O/c1-17-10-4-2-9(3-5-10)11-6-7-12-14-13-8-16(12)15-11/h2-8H,1H3. The number of hydrogen-bond acceptors (Lipinski definition) is 4. The summed E-state index contributed by atoms with van der Waals surface area (Å²) < 4.78 is 6.77. The summed E-state index contributed by atoms with van der Waals surface area (Å²) in [6.45, 7) is 0. The number of benzene rings is 1. The minimum atomic E-state index is 0.738. The van der Waals surface area contributed by atoms with Crippen LogP contribution in [0.1, 0.15) is 0 Å². The number of ether oxygens (including phenoxy) is 1. The summed E-state index contributed by atoms with van der Waals surface area (Å²) in [4.78, 5) is 0. The molecule has 0 N–H and O–H groups in total. The number of fused-ring (bicyclic) bond motifs is 1. The molecular weight excluding hydrogens is 216 g/mol. The summed E-state index contributed by atoms with van der Waals surface area (Å²) in [5, 5.41) is 12.1. The van der Waals surface area contributed by atoms with Crippen molar-refractivity contribution in [1.29, 1.82) is 0 Å². The molecule has 0 amide bonds. The highest BCUT2D eigenvalue weighted by atomic mass is 16.5. The number of rotatable bonds is 2. The molecule has 0 aliphatic carbocycles. The second kappa shape index (κ2) is 3.86. The van der Waals surface area contributed by atoms with Gasteiger partial charge in [-0.2, -0.15) is 9.61 Å². The van der Waals surface area contributed by atoms with Crippen molar-refractivity contribution in [3.05, 3.63) is 42.7 Å². The van der Waals surface area contributed by atoms with Crippen LogP contribution in [0.3, 0.4) is 0 Å². The maximum Gasteiger partial charge on any atom is 0.177 e. The van der Waals surface area contributed by atoms with Gasteiger partial charge in [-0.05, 0) is 36.4 Å². The zero-order valence-electron chi connectivity index (χ0n) is 9.24. The first-order chi connectivity index (χ1) is 8.36. The van der Waals surface area contributed by atoms with E-state index in [0.717, 1.165) is 22.7 Å². The van der Waals surface area contributed by atoms with E-state index in [1.807, 2.05) is 36.4 Å². The second-order valence-electron chi connectivity index (χ2n) is 3.58. The molecule has 84 valence electrons. The van der Waals surface area contributed by atoms with Crippen LogP contribution in [-0.2, 0) is 0 Å². The molecule has 0 fully saturated rings. The molecule has 0 bridgehead atoms. The fraction of sp³-hybridized carbons (Fsp3) is 0.0833. The van der Waals surface area contributed by atoms with Crippen LogP contribution >= 0.6 is 0 Å². The van der Waals surface area contributed by atoms with Crippen molar-refractivity contribution < 1.29 is 4.74 Å². The summed E-state index contributed by atoms with van der Waals surface area (Å²) in [5.41, 5.74) is 2.64. The van der Waals surface area contributed by atoms with Crippen LogP contribution in [0.25, 0.3) is 16.9 Å². The maximum atomic E-state index is 5.12. The lowest BCUT2D eigenvalue weighted by atomic mass is 10.1. The van der Waals surface area contributed by atoms with Gasteiger partial charge in [0.05, 0.1) is 12.8 Å². The number of nitrogens with zero attached hydrogens (tertiary/aromatic N) is 4. The Morgan fingerprint density at radius 1 is 1.06 bits per heavy atom. The monoisotopic (exact) mass is 226 g/mol. The SMILES string of the molecule is COc1ccc(-c2ccc3nncn3n2)cc1. The normalized spacial score (nSPS) is 10.6. The van der Waals surface area contributed by atoms with Crippen molar-refractivity contribution in [2.75, 3.05) is 7.11 Å². The summed E-state index contributed by atoms with van der Waals surface area (Å²) >= 11 is 0. The number of hydrogen-bond donors (Lipinski definition) is 0. The van der Waals surface area contributed by atoms with Gasteiger partial charge >= 0.3 is 0 Å². The second-order valence-corrected chi connectivity index (χ2v) is 3.58. The molecule has 0 saturated heterocycles. The third-order valence-electron chi connectivity index (χ3n) is 2.55. The number of methoxy groups -OCH3 is 1. The van der Waals surface area contributed by atoms with Crippen molar-refractivity contribution >= 4 is 5.65 Å². The largest absolute Gasteiger partial charge is 0.497 e. The van der Waals surface area contributed by atoms with Gasteiger partial charge in [0.1, 0.15) is 12.1 Å². The van der Waals surface area contributed by atoms with Gasteiger partial charge in [0.15, 0.2) is 5.65 Å². The molecule has 3 aromatic rings. The van der Waals surface area contributed by atoms with Crippen molar-refractivity contribution in [1.82, 2.24) is 19.8 Å². The summed E-state index contributed by atoms with van der Waals surface area (Å²) in [6, 6.07) is 11.6. The van der Waals surface area contributed by atoms with Gasteiger partial charge in [-0.15, -0.1) is 10.2 Å². The molecule has 1 aromatic carbocycles. The molecule has 5 nitrogen and oxygen atoms in total. The lowest BCUT2D eigenvalue weighted by Gasteiger charge is -2.03. The number of aromatic nitrogens is 4. The van der Waals surface area contributed by atoms with E-state index < -0.39 is 0 Å². The van der Waals surface area contributed by atoms with E-state index in [4.69, 9.17) is 4.74 Å². The minimum Gasteiger partial charge on any atom is -0.497 e. The van der Waals surface area contributed by atoms with Gasteiger partial charge in [-0.3, -0.25) is 0 Å². The first-order valence-corrected chi connectivity index (χ1v) is 5.18. The molecule has 0 spiro atoms. The quantitative estimate of drug-likeness (QED) is 0.668. The van der Waals surface area contributed by atoms with Gasteiger partial charge in [0, 0.05) is 5.56 Å². The first kappa shape index (κ1) is 9.77. The van der Waals surface area contributed by atoms with E-state index in [9.17, 15) is 0 Å². The molecule has 3 rings (SSSR count). The molecular formula is C12H10N4O. The Morgan fingerprint density at radius 3 is 2.65 bits per heavy atom. The van der Waals surface area contributed by atoms with Crippen LogP contribution in [0.15, 0.2) is 42.7 Å². The zero-order chi connectivity index (χ0) is 11.7. The summed E-state index contributed by atoms with van der Waals surface area (Å²) in [5.74, 6) is 0.833. The van der Waals surface area contributed by atoms with E-state index in [0.29, 0.717) is 0 Å². The smallest absolute Gasteiger partial charge is 0.177 e. The molecule has 2 heterocycles. The van der Waals surface area contributed by atoms with Crippen LogP contribution in [0.2, 0.25) is 0 Å². The Labute approximate surface area is 97.7 Å². The summed E-state index contributed by atoms with van der Waals surface area (Å²) in [6.07, 6.45) is 1.59. The third kappa shape index (κ3) is 1.71. The highest BCUT2D eigenvalue weighted by Crippen LogP contribution is 2.20. The van der Waals surface area contributed by atoms with Gasteiger partial charge in [0.25, 0.3) is 0 Å². The zero-order valence-corrected chi connectivity index (χ0v) is 9.24. The highest BCUT2D eigenvalue weighted by Gasteiger charge is 2.02. The Morgan fingerprint density at radius 2 is 1.88 bits per heavy atom. The topological polar surface area (TPSA) is 52.3 Å². The lowest BCUT2D eigenvalue weighted by Crippen LogP contribution is -1.93. The molecule has 5 heteroatoms. The van der Waals surface area contributed by atoms with Crippen molar-refractivity contribution in [3.8, 4) is 17.0 Å². The fourth-order valence-electron chi connectivity index (χ4n) is 1.64. The predicted octanol–water partition coefficient (Wildman–Crippen LogP) is 1.80. The van der Waals surface area contributed by atoms with Crippen LogP contribution < -0.4 is 4.74 Å². The van der Waals surface area contributed by atoms with Crippen LogP contribution in [0, 0.1) is 0 Å². The van der Waals surface area contributed by atoms with E-state index in [1.54, 1.807) is 18.0 Å². The van der Waals surface area contributed by atoms with Gasteiger partial charge in [-0.1, -0.05) is 0 Å². The molecule has 0 radical (unpaired) electrons. The molecule has 0 unspecified atom stereocenters. The average Bonchev–Trinajstić information content (AvgIpc) is 2.86. The Bertz CT molecular complexity index is 645. The fourth-order valence-corrected chi connectivity index (χ4v) is 1.64. The summed E-state index contributed by atoms with van der Waals surface area (Å²) in [7, 11) is 1.65. The first-order valence-electron chi connectivity index (χ1n) is 5.18. The Hall–Kier alpha value is -2.43. The van der Waals surface area contributed by atoms with Crippen molar-refractivity contribution in [2.24, 2.45) is 0 Å². The van der Waals surface area contributed by atoms with E-state index in [1.165, 1.54) is 0 Å². The van der Waals surface area contributed by atoms with Gasteiger partial charge in [0.2, 0.25) is 0 Å². The van der Waals surface area contributed by atoms with Crippen LogP contribution in [-0.4, -0.2) is 26.9 Å². The predicted molar refractivity (Wildman–Crippen MR) is 62.8 cm³/mol. The Balaban J connectivity index is 2.06. The maximum absolute atomic E-state index is 5.12. The van der Waals surface area contributed by atoms with Crippen molar-refractivity contribution in [3.63, 3.8) is 0 Å². The van der Waals surface area contributed by atoms with Crippen LogP contribution in [0.5, 0.6) is 5.75 Å². The molecule has 0 aliphatic rings. The molecule has 17 heavy (non-hydrogen) atoms. The van der Waals surface area contributed by atoms with Gasteiger partial charge in [-0.25, -0.2) is 0 Å². The molecule has 0 atom stereocenters. The average molecular weight is 226 g/mol.